The lowest BCUT2D eigenvalue weighted by Gasteiger charge is -2.20. The van der Waals surface area contributed by atoms with Gasteiger partial charge in [-0.3, -0.25) is 14.9 Å². The van der Waals surface area contributed by atoms with E-state index in [0.717, 1.165) is 6.42 Å². The second-order valence-corrected chi connectivity index (χ2v) is 5.22. The number of carbonyl (C=O) groups is 1. The lowest BCUT2D eigenvalue weighted by molar-refractivity contribution is -0.384. The number of amides is 1. The third-order valence-corrected chi connectivity index (χ3v) is 3.39. The van der Waals surface area contributed by atoms with Gasteiger partial charge in [0.1, 0.15) is 11.3 Å². The third-order valence-electron chi connectivity index (χ3n) is 3.39. The van der Waals surface area contributed by atoms with Gasteiger partial charge in [0.05, 0.1) is 4.92 Å². The summed E-state index contributed by atoms with van der Waals surface area (Å²) in [5.41, 5.74) is 0.292. The number of hydrogen-bond donors (Lipinski definition) is 2. The largest absolute Gasteiger partial charge is 0.380 e. The molecular weight excluding hydrogens is 270 g/mol. The molecule has 1 aromatic rings. The molecule has 1 aromatic carbocycles. The van der Waals surface area contributed by atoms with Crippen LogP contribution < -0.4 is 10.6 Å². The number of carbonyl (C=O) groups excluding carboxylic acids is 1. The van der Waals surface area contributed by atoms with Crippen LogP contribution in [0, 0.1) is 16.0 Å². The van der Waals surface area contributed by atoms with E-state index >= 15 is 0 Å². The van der Waals surface area contributed by atoms with Gasteiger partial charge in [0.2, 0.25) is 0 Å². The number of para-hydroxylation sites is 1. The number of benzene rings is 1. The Balaban J connectivity index is 3.14. The minimum absolute atomic E-state index is 0.0000977. The van der Waals surface area contributed by atoms with Crippen molar-refractivity contribution in [2.75, 3.05) is 11.9 Å². The first-order valence-electron chi connectivity index (χ1n) is 7.24. The SMILES string of the molecule is CCNc1cccc(C(=O)NC(CC)C(C)C)c1[N+](=O)[O-]. The summed E-state index contributed by atoms with van der Waals surface area (Å²) < 4.78 is 0. The van der Waals surface area contributed by atoms with Crippen LogP contribution in [0.25, 0.3) is 0 Å². The molecule has 6 heteroatoms. The quantitative estimate of drug-likeness (QED) is 0.597. The number of nitrogens with zero attached hydrogens (tertiary/aromatic N) is 1. The Morgan fingerprint density at radius 2 is 2.00 bits per heavy atom. The summed E-state index contributed by atoms with van der Waals surface area (Å²) in [6, 6.07) is 4.75. The number of rotatable bonds is 7. The van der Waals surface area contributed by atoms with Crippen LogP contribution in [-0.2, 0) is 0 Å². The van der Waals surface area contributed by atoms with Crippen LogP contribution in [-0.4, -0.2) is 23.4 Å². The summed E-state index contributed by atoms with van der Waals surface area (Å²) in [5, 5.41) is 17.1. The van der Waals surface area contributed by atoms with Gasteiger partial charge in [-0.15, -0.1) is 0 Å². The van der Waals surface area contributed by atoms with Crippen LogP contribution in [0.5, 0.6) is 0 Å². The van der Waals surface area contributed by atoms with Crippen molar-refractivity contribution in [3.63, 3.8) is 0 Å². The minimum atomic E-state index is -0.511. The zero-order valence-electron chi connectivity index (χ0n) is 13.0. The van der Waals surface area contributed by atoms with Crippen LogP contribution in [0.3, 0.4) is 0 Å². The predicted molar refractivity (Wildman–Crippen MR) is 83.6 cm³/mol. The maximum atomic E-state index is 12.4. The highest BCUT2D eigenvalue weighted by atomic mass is 16.6. The number of nitrogens with one attached hydrogen (secondary N) is 2. The van der Waals surface area contributed by atoms with Gasteiger partial charge >= 0.3 is 5.69 Å². The summed E-state index contributed by atoms with van der Waals surface area (Å²) >= 11 is 0. The molecule has 0 aliphatic carbocycles. The van der Waals surface area contributed by atoms with E-state index in [1.165, 1.54) is 6.07 Å². The van der Waals surface area contributed by atoms with Crippen molar-refractivity contribution in [2.24, 2.45) is 5.92 Å². The smallest absolute Gasteiger partial charge is 0.305 e. The Bertz CT molecular complexity index is 515. The average molecular weight is 293 g/mol. The van der Waals surface area contributed by atoms with E-state index in [4.69, 9.17) is 0 Å². The summed E-state index contributed by atoms with van der Waals surface area (Å²) in [4.78, 5) is 23.1. The predicted octanol–water partition coefficient (Wildman–Crippen LogP) is 3.19. The molecule has 1 atom stereocenters. The van der Waals surface area contributed by atoms with Gasteiger partial charge in [-0.2, -0.15) is 0 Å². The Morgan fingerprint density at radius 1 is 1.33 bits per heavy atom. The molecule has 6 nitrogen and oxygen atoms in total. The van der Waals surface area contributed by atoms with Crippen molar-refractivity contribution >= 4 is 17.3 Å². The summed E-state index contributed by atoms with van der Waals surface area (Å²) in [6.45, 7) is 8.40. The van der Waals surface area contributed by atoms with Crippen LogP contribution in [0.1, 0.15) is 44.5 Å². The Hall–Kier alpha value is -2.11. The Labute approximate surface area is 125 Å². The van der Waals surface area contributed by atoms with Gasteiger partial charge in [-0.25, -0.2) is 0 Å². The molecule has 1 unspecified atom stereocenters. The second-order valence-electron chi connectivity index (χ2n) is 5.22. The molecule has 116 valence electrons. The van der Waals surface area contributed by atoms with Crippen LogP contribution in [0.15, 0.2) is 18.2 Å². The second kappa shape index (κ2) is 7.61. The fraction of sp³-hybridized carbons (Fsp3) is 0.533. The molecule has 21 heavy (non-hydrogen) atoms. The molecule has 0 fully saturated rings. The molecule has 0 saturated carbocycles. The van der Waals surface area contributed by atoms with E-state index in [-0.39, 0.29) is 23.2 Å². The van der Waals surface area contributed by atoms with Crippen molar-refractivity contribution in [1.29, 1.82) is 0 Å². The molecule has 0 aliphatic rings. The van der Waals surface area contributed by atoms with Crippen LogP contribution >= 0.6 is 0 Å². The molecule has 0 bridgehead atoms. The first-order chi connectivity index (χ1) is 9.92. The molecule has 0 aromatic heterocycles. The van der Waals surface area contributed by atoms with E-state index in [0.29, 0.717) is 12.2 Å². The van der Waals surface area contributed by atoms with Crippen molar-refractivity contribution < 1.29 is 9.72 Å². The first kappa shape index (κ1) is 16.9. The lowest BCUT2D eigenvalue weighted by Crippen LogP contribution is -2.38. The van der Waals surface area contributed by atoms with Gasteiger partial charge in [-0.05, 0) is 31.4 Å². The summed E-state index contributed by atoms with van der Waals surface area (Å²) in [6.07, 6.45) is 0.782. The minimum Gasteiger partial charge on any atom is -0.380 e. The van der Waals surface area contributed by atoms with E-state index in [1.54, 1.807) is 12.1 Å². The normalized spacial score (nSPS) is 12.0. The summed E-state index contributed by atoms with van der Waals surface area (Å²) in [7, 11) is 0. The average Bonchev–Trinajstić information content (AvgIpc) is 2.43. The highest BCUT2D eigenvalue weighted by molar-refractivity contribution is 6.00. The highest BCUT2D eigenvalue weighted by Gasteiger charge is 2.26. The lowest BCUT2D eigenvalue weighted by atomic mass is 10.0. The molecule has 1 amide bonds. The molecular formula is C15H23N3O3. The topological polar surface area (TPSA) is 84.3 Å². The van der Waals surface area contributed by atoms with Crippen molar-refractivity contribution in [1.82, 2.24) is 5.32 Å². The molecule has 1 rings (SSSR count). The fourth-order valence-corrected chi connectivity index (χ4v) is 2.24. The third kappa shape index (κ3) is 4.18. The zero-order chi connectivity index (χ0) is 16.0. The molecule has 0 saturated heterocycles. The number of nitro benzene ring substituents is 1. The van der Waals surface area contributed by atoms with Gasteiger partial charge in [0.15, 0.2) is 0 Å². The number of anilines is 1. The maximum Gasteiger partial charge on any atom is 0.305 e. The van der Waals surface area contributed by atoms with Crippen molar-refractivity contribution in [3.8, 4) is 0 Å². The molecule has 0 aliphatic heterocycles. The molecule has 2 N–H and O–H groups in total. The molecule has 0 radical (unpaired) electrons. The van der Waals surface area contributed by atoms with Crippen LogP contribution in [0.4, 0.5) is 11.4 Å². The van der Waals surface area contributed by atoms with Crippen LogP contribution in [0.2, 0.25) is 0 Å². The maximum absolute atomic E-state index is 12.4. The van der Waals surface area contributed by atoms with Gasteiger partial charge in [0, 0.05) is 12.6 Å². The standard InChI is InChI=1S/C15H23N3O3/c1-5-12(10(3)4)17-15(19)11-8-7-9-13(16-6-2)14(11)18(20)21/h7-10,12,16H,5-6H2,1-4H3,(H,17,19). The zero-order valence-corrected chi connectivity index (χ0v) is 13.0. The van der Waals surface area contributed by atoms with Gasteiger partial charge in [0.25, 0.3) is 5.91 Å². The number of hydrogen-bond acceptors (Lipinski definition) is 4. The van der Waals surface area contributed by atoms with Crippen molar-refractivity contribution in [2.45, 2.75) is 40.2 Å². The summed E-state index contributed by atoms with van der Waals surface area (Å²) in [5.74, 6) is -0.128. The van der Waals surface area contributed by atoms with Gasteiger partial charge in [-0.1, -0.05) is 26.8 Å². The Kier molecular flexibility index (Phi) is 6.14. The number of nitro groups is 1. The van der Waals surface area contributed by atoms with E-state index in [9.17, 15) is 14.9 Å². The molecule has 0 spiro atoms. The first-order valence-corrected chi connectivity index (χ1v) is 7.24. The Morgan fingerprint density at radius 3 is 2.48 bits per heavy atom. The van der Waals surface area contributed by atoms with E-state index < -0.39 is 10.8 Å². The molecule has 0 heterocycles. The van der Waals surface area contributed by atoms with E-state index in [1.807, 2.05) is 27.7 Å². The van der Waals surface area contributed by atoms with Gasteiger partial charge < -0.3 is 10.6 Å². The monoisotopic (exact) mass is 293 g/mol. The van der Waals surface area contributed by atoms with E-state index in [2.05, 4.69) is 10.6 Å². The van der Waals surface area contributed by atoms with Crippen molar-refractivity contribution in [3.05, 3.63) is 33.9 Å². The highest BCUT2D eigenvalue weighted by Crippen LogP contribution is 2.28. The fourth-order valence-electron chi connectivity index (χ4n) is 2.24.